The van der Waals surface area contributed by atoms with Gasteiger partial charge in [0, 0.05) is 19.9 Å². The van der Waals surface area contributed by atoms with E-state index < -0.39 is 18.4 Å². The molecule has 5 nitrogen and oxygen atoms in total. The third-order valence-corrected chi connectivity index (χ3v) is 2.42. The molecule has 1 aliphatic rings. The predicted octanol–water partition coefficient (Wildman–Crippen LogP) is 1.09. The largest absolute Gasteiger partial charge is 0.522 e. The van der Waals surface area contributed by atoms with Crippen molar-refractivity contribution < 1.29 is 32.3 Å². The zero-order valence-electron chi connectivity index (χ0n) is 9.49. The molecular weight excluding hydrogens is 243 g/mol. The van der Waals surface area contributed by atoms with Gasteiger partial charge in [-0.15, -0.1) is 13.2 Å². The van der Waals surface area contributed by atoms with Crippen molar-refractivity contribution in [3.63, 3.8) is 0 Å². The summed E-state index contributed by atoms with van der Waals surface area (Å²) in [4.78, 5) is 15.8. The summed E-state index contributed by atoms with van der Waals surface area (Å²) >= 11 is 0. The number of hydrogen-bond donors (Lipinski definition) is 0. The average molecular weight is 257 g/mol. The number of carbonyl (C=O) groups excluding carboxylic acids is 1. The van der Waals surface area contributed by atoms with E-state index in [0.717, 1.165) is 5.06 Å². The van der Waals surface area contributed by atoms with E-state index in [9.17, 15) is 18.0 Å². The summed E-state index contributed by atoms with van der Waals surface area (Å²) in [6.07, 6.45) is -5.55. The molecule has 1 saturated carbocycles. The number of halogens is 3. The lowest BCUT2D eigenvalue weighted by Crippen LogP contribution is -2.42. The van der Waals surface area contributed by atoms with E-state index in [1.165, 1.54) is 14.2 Å². The summed E-state index contributed by atoms with van der Waals surface area (Å²) in [5, 5.41) is 0.988. The monoisotopic (exact) mass is 257 g/mol. The maximum absolute atomic E-state index is 11.8. The molecule has 0 heterocycles. The van der Waals surface area contributed by atoms with Crippen LogP contribution in [0, 0.1) is 0 Å². The van der Waals surface area contributed by atoms with E-state index in [0.29, 0.717) is 0 Å². The van der Waals surface area contributed by atoms with Gasteiger partial charge in [-0.25, -0.2) is 5.06 Å². The molecule has 0 radical (unpaired) electrons. The van der Waals surface area contributed by atoms with Gasteiger partial charge in [0.1, 0.15) is 6.61 Å². The Morgan fingerprint density at radius 1 is 1.35 bits per heavy atom. The number of hydroxylamine groups is 2. The molecule has 0 unspecified atom stereocenters. The molecule has 0 spiro atoms. The van der Waals surface area contributed by atoms with Crippen molar-refractivity contribution in [3.8, 4) is 0 Å². The first-order valence-corrected chi connectivity index (χ1v) is 4.98. The van der Waals surface area contributed by atoms with Crippen molar-refractivity contribution in [2.45, 2.75) is 31.4 Å². The maximum Gasteiger partial charge on any atom is 0.522 e. The van der Waals surface area contributed by atoms with Crippen LogP contribution in [0.25, 0.3) is 0 Å². The molecule has 1 aliphatic carbocycles. The quantitative estimate of drug-likeness (QED) is 0.692. The van der Waals surface area contributed by atoms with E-state index >= 15 is 0 Å². The third kappa shape index (κ3) is 4.88. The Morgan fingerprint density at radius 3 is 2.41 bits per heavy atom. The van der Waals surface area contributed by atoms with Gasteiger partial charge in [0.25, 0.3) is 5.91 Å². The van der Waals surface area contributed by atoms with E-state index in [1.54, 1.807) is 0 Å². The SMILES string of the molecule is CON(C)C(=O)CO[C@H]1C[C@@H](OC(F)(F)F)C1. The van der Waals surface area contributed by atoms with Crippen LogP contribution in [0.1, 0.15) is 12.8 Å². The van der Waals surface area contributed by atoms with Crippen molar-refractivity contribution in [1.82, 2.24) is 5.06 Å². The molecule has 1 fully saturated rings. The molecule has 0 aromatic carbocycles. The first-order chi connectivity index (χ1) is 7.81. The van der Waals surface area contributed by atoms with Crippen molar-refractivity contribution in [2.75, 3.05) is 20.8 Å². The Bertz CT molecular complexity index is 265. The van der Waals surface area contributed by atoms with Crippen LogP contribution in [0.3, 0.4) is 0 Å². The highest BCUT2D eigenvalue weighted by atomic mass is 19.4. The molecule has 100 valence electrons. The predicted molar refractivity (Wildman–Crippen MR) is 49.7 cm³/mol. The van der Waals surface area contributed by atoms with Crippen molar-refractivity contribution >= 4 is 5.91 Å². The van der Waals surface area contributed by atoms with Crippen LogP contribution >= 0.6 is 0 Å². The molecular formula is C9H14F3NO4. The van der Waals surface area contributed by atoms with Crippen LogP contribution in [0.4, 0.5) is 13.2 Å². The molecule has 8 heteroatoms. The fourth-order valence-electron chi connectivity index (χ4n) is 1.32. The first kappa shape index (κ1) is 14.2. The van der Waals surface area contributed by atoms with Gasteiger partial charge in [0.2, 0.25) is 0 Å². The molecule has 0 saturated heterocycles. The number of likely N-dealkylation sites (N-methyl/N-ethyl adjacent to an activating group) is 1. The molecule has 1 rings (SSSR count). The number of amides is 1. The third-order valence-electron chi connectivity index (χ3n) is 2.42. The summed E-state index contributed by atoms with van der Waals surface area (Å²) in [5.74, 6) is -0.396. The smallest absolute Gasteiger partial charge is 0.368 e. The van der Waals surface area contributed by atoms with Crippen LogP contribution in [-0.4, -0.2) is 50.3 Å². The molecule has 0 bridgehead atoms. The Labute approximate surface area is 96.4 Å². The lowest BCUT2D eigenvalue weighted by molar-refractivity contribution is -0.357. The summed E-state index contributed by atoms with van der Waals surface area (Å²) in [6.45, 7) is -0.215. The summed E-state index contributed by atoms with van der Waals surface area (Å²) < 4.78 is 44.2. The fraction of sp³-hybridized carbons (Fsp3) is 0.889. The normalized spacial score (nSPS) is 24.3. The molecule has 0 atom stereocenters. The second kappa shape index (κ2) is 5.65. The average Bonchev–Trinajstić information content (AvgIpc) is 2.17. The van der Waals surface area contributed by atoms with Gasteiger partial charge < -0.3 is 4.74 Å². The Balaban J connectivity index is 2.12. The van der Waals surface area contributed by atoms with E-state index in [2.05, 4.69) is 9.57 Å². The van der Waals surface area contributed by atoms with Gasteiger partial charge in [0.05, 0.1) is 19.3 Å². The fourth-order valence-corrected chi connectivity index (χ4v) is 1.32. The van der Waals surface area contributed by atoms with E-state index in [1.807, 2.05) is 0 Å². The van der Waals surface area contributed by atoms with Crippen molar-refractivity contribution in [1.29, 1.82) is 0 Å². The lowest BCUT2D eigenvalue weighted by Gasteiger charge is -2.35. The second-order valence-electron chi connectivity index (χ2n) is 3.66. The van der Waals surface area contributed by atoms with Gasteiger partial charge in [-0.3, -0.25) is 14.4 Å². The topological polar surface area (TPSA) is 48.0 Å². The summed E-state index contributed by atoms with van der Waals surface area (Å²) in [6, 6.07) is 0. The number of rotatable bonds is 5. The van der Waals surface area contributed by atoms with Crippen LogP contribution < -0.4 is 0 Å². The van der Waals surface area contributed by atoms with Gasteiger partial charge in [-0.2, -0.15) is 0 Å². The van der Waals surface area contributed by atoms with Crippen LogP contribution in [0.2, 0.25) is 0 Å². The van der Waals surface area contributed by atoms with E-state index in [4.69, 9.17) is 4.74 Å². The minimum Gasteiger partial charge on any atom is -0.368 e. The highest BCUT2D eigenvalue weighted by Gasteiger charge is 2.40. The molecule has 0 N–H and O–H groups in total. The van der Waals surface area contributed by atoms with Gasteiger partial charge in [-0.05, 0) is 0 Å². The Hall–Kier alpha value is -0.860. The van der Waals surface area contributed by atoms with Crippen LogP contribution in [0.5, 0.6) is 0 Å². The molecule has 0 aromatic heterocycles. The number of carbonyl (C=O) groups is 1. The van der Waals surface area contributed by atoms with Crippen LogP contribution in [-0.2, 0) is 19.1 Å². The molecule has 0 aliphatic heterocycles. The highest BCUT2D eigenvalue weighted by molar-refractivity contribution is 5.76. The zero-order valence-corrected chi connectivity index (χ0v) is 9.49. The second-order valence-corrected chi connectivity index (χ2v) is 3.66. The maximum atomic E-state index is 11.8. The number of nitrogens with zero attached hydrogens (tertiary/aromatic N) is 1. The molecule has 1 amide bonds. The van der Waals surface area contributed by atoms with E-state index in [-0.39, 0.29) is 25.6 Å². The standard InChI is InChI=1S/C9H14F3NO4/c1-13(15-2)8(14)5-16-6-3-7(4-6)17-9(10,11)12/h6-7H,3-5H2,1-2H3/t6-,7+. The first-order valence-electron chi connectivity index (χ1n) is 4.98. The van der Waals surface area contributed by atoms with Crippen LogP contribution in [0.15, 0.2) is 0 Å². The van der Waals surface area contributed by atoms with Crippen molar-refractivity contribution in [2.24, 2.45) is 0 Å². The van der Waals surface area contributed by atoms with Crippen molar-refractivity contribution in [3.05, 3.63) is 0 Å². The zero-order chi connectivity index (χ0) is 13.1. The van der Waals surface area contributed by atoms with Gasteiger partial charge >= 0.3 is 6.36 Å². The highest BCUT2D eigenvalue weighted by Crippen LogP contribution is 2.31. The van der Waals surface area contributed by atoms with Gasteiger partial charge in [-0.1, -0.05) is 0 Å². The summed E-state index contributed by atoms with van der Waals surface area (Å²) in [7, 11) is 2.75. The number of alkyl halides is 3. The Morgan fingerprint density at radius 2 is 1.94 bits per heavy atom. The minimum absolute atomic E-state index is 0.142. The number of hydrogen-bond acceptors (Lipinski definition) is 4. The minimum atomic E-state index is -4.61. The molecule has 0 aromatic rings. The summed E-state index contributed by atoms with van der Waals surface area (Å²) in [5.41, 5.74) is 0. The number of ether oxygens (including phenoxy) is 2. The van der Waals surface area contributed by atoms with Gasteiger partial charge in [0.15, 0.2) is 0 Å². The lowest BCUT2D eigenvalue weighted by atomic mass is 9.92. The molecule has 17 heavy (non-hydrogen) atoms. The Kier molecular flexibility index (Phi) is 4.72.